The van der Waals surface area contributed by atoms with Crippen LogP contribution in [0.3, 0.4) is 0 Å². The Balaban J connectivity index is 3.05. The van der Waals surface area contributed by atoms with Gasteiger partial charge in [0.25, 0.3) is 0 Å². The molecule has 0 atom stereocenters. The van der Waals surface area contributed by atoms with Crippen LogP contribution in [0.15, 0.2) is 12.4 Å². The summed E-state index contributed by atoms with van der Waals surface area (Å²) in [4.78, 5) is 1.94. The minimum atomic E-state index is 0.0816. The topological polar surface area (TPSA) is 21.7 Å². The quantitative estimate of drug-likeness (QED) is 0.480. The number of hydrogen-bond acceptors (Lipinski definition) is 1. The maximum atomic E-state index is 4.17. The minimum Gasteiger partial charge on any atom is -0.163 e. The molecule has 10 heavy (non-hydrogen) atoms. The molecular weight excluding hydrogens is 126 g/mol. The van der Waals surface area contributed by atoms with Crippen molar-refractivity contribution in [1.29, 1.82) is 0 Å². The number of rotatable bonds is 0. The summed E-state index contributed by atoms with van der Waals surface area (Å²) < 4.78 is 1.97. The predicted molar refractivity (Wildman–Crippen MR) is 38.4 cm³/mol. The molecule has 0 unspecified atom stereocenters. The van der Waals surface area contributed by atoms with E-state index in [2.05, 4.69) is 25.9 Å². The van der Waals surface area contributed by atoms with Crippen molar-refractivity contribution in [3.63, 3.8) is 0 Å². The summed E-state index contributed by atoms with van der Waals surface area (Å²) in [5.74, 6) is 0. The SMILES string of the molecule is C[n+]1ccnn1C(C)(C)C. The normalized spacial score (nSPS) is 12.0. The lowest BCUT2D eigenvalue weighted by atomic mass is 10.1. The second-order valence-electron chi connectivity index (χ2n) is 3.45. The smallest absolute Gasteiger partial charge is 0.163 e. The molecule has 1 aromatic heterocycles. The van der Waals surface area contributed by atoms with Gasteiger partial charge in [-0.3, -0.25) is 0 Å². The highest BCUT2D eigenvalue weighted by molar-refractivity contribution is 4.63. The first kappa shape index (κ1) is 7.25. The third-order valence-electron chi connectivity index (χ3n) is 1.36. The van der Waals surface area contributed by atoms with E-state index >= 15 is 0 Å². The third kappa shape index (κ3) is 1.17. The molecule has 0 spiro atoms. The van der Waals surface area contributed by atoms with Gasteiger partial charge in [-0.1, -0.05) is 0 Å². The molecule has 3 heteroatoms. The monoisotopic (exact) mass is 140 g/mol. The van der Waals surface area contributed by atoms with E-state index in [0.717, 1.165) is 0 Å². The minimum absolute atomic E-state index is 0.0816. The standard InChI is InChI=1S/C7H14N3/c1-7(2,3)10-8-5-6-9(10)4/h5-6H,1-4H3/q+1. The van der Waals surface area contributed by atoms with E-state index in [-0.39, 0.29) is 5.54 Å². The summed E-state index contributed by atoms with van der Waals surface area (Å²) in [6.45, 7) is 6.38. The number of nitrogens with zero attached hydrogens (tertiary/aromatic N) is 3. The summed E-state index contributed by atoms with van der Waals surface area (Å²) in [5, 5.41) is 4.17. The molecule has 0 saturated heterocycles. The van der Waals surface area contributed by atoms with E-state index in [9.17, 15) is 0 Å². The van der Waals surface area contributed by atoms with Crippen LogP contribution < -0.4 is 4.68 Å². The average Bonchev–Trinajstić information content (AvgIpc) is 2.11. The molecule has 0 N–H and O–H groups in total. The Morgan fingerprint density at radius 3 is 2.20 bits per heavy atom. The molecule has 0 aliphatic rings. The van der Waals surface area contributed by atoms with Crippen molar-refractivity contribution in [3.8, 4) is 0 Å². The summed E-state index contributed by atoms with van der Waals surface area (Å²) in [7, 11) is 1.98. The largest absolute Gasteiger partial charge is 0.206 e. The van der Waals surface area contributed by atoms with E-state index in [1.54, 1.807) is 6.20 Å². The van der Waals surface area contributed by atoms with E-state index in [1.807, 2.05) is 22.7 Å². The molecule has 0 fully saturated rings. The third-order valence-corrected chi connectivity index (χ3v) is 1.36. The van der Waals surface area contributed by atoms with E-state index < -0.39 is 0 Å². The van der Waals surface area contributed by atoms with Crippen molar-refractivity contribution >= 4 is 0 Å². The molecular formula is C7H14N3+. The highest BCUT2D eigenvalue weighted by atomic mass is 15.6. The van der Waals surface area contributed by atoms with Crippen LogP contribution in [0, 0.1) is 0 Å². The Morgan fingerprint density at radius 1 is 1.40 bits per heavy atom. The molecule has 1 rings (SSSR count). The zero-order valence-corrected chi connectivity index (χ0v) is 7.00. The zero-order chi connectivity index (χ0) is 7.78. The van der Waals surface area contributed by atoms with Crippen LogP contribution in [0.4, 0.5) is 0 Å². The van der Waals surface area contributed by atoms with Gasteiger partial charge in [0, 0.05) is 5.10 Å². The summed E-state index contributed by atoms with van der Waals surface area (Å²) >= 11 is 0. The summed E-state index contributed by atoms with van der Waals surface area (Å²) in [5.41, 5.74) is 0.0816. The fourth-order valence-corrected chi connectivity index (χ4v) is 0.980. The molecule has 0 aliphatic heterocycles. The fraction of sp³-hybridized carbons (Fsp3) is 0.714. The Kier molecular flexibility index (Phi) is 1.50. The lowest BCUT2D eigenvalue weighted by Crippen LogP contribution is -2.46. The van der Waals surface area contributed by atoms with Crippen LogP contribution in [0.2, 0.25) is 0 Å². The van der Waals surface area contributed by atoms with Gasteiger partial charge in [-0.25, -0.2) is 0 Å². The molecule has 0 radical (unpaired) electrons. The lowest BCUT2D eigenvalue weighted by molar-refractivity contribution is -0.764. The van der Waals surface area contributed by atoms with Crippen molar-refractivity contribution < 1.29 is 4.68 Å². The lowest BCUT2D eigenvalue weighted by Gasteiger charge is -2.13. The summed E-state index contributed by atoms with van der Waals surface area (Å²) in [6, 6.07) is 0. The first-order chi connectivity index (χ1) is 4.52. The first-order valence-corrected chi connectivity index (χ1v) is 3.42. The average molecular weight is 140 g/mol. The Labute approximate surface area is 61.3 Å². The van der Waals surface area contributed by atoms with Gasteiger partial charge in [-0.2, -0.15) is 4.68 Å². The predicted octanol–water partition coefficient (Wildman–Crippen LogP) is 0.463. The zero-order valence-electron chi connectivity index (χ0n) is 7.00. The van der Waals surface area contributed by atoms with Gasteiger partial charge in [0.1, 0.15) is 12.6 Å². The second-order valence-corrected chi connectivity index (χ2v) is 3.45. The Morgan fingerprint density at radius 2 is 2.00 bits per heavy atom. The Hall–Kier alpha value is -0.860. The van der Waals surface area contributed by atoms with Crippen molar-refractivity contribution in [2.75, 3.05) is 0 Å². The highest BCUT2D eigenvalue weighted by Gasteiger charge is 2.21. The van der Waals surface area contributed by atoms with Crippen LogP contribution in [-0.2, 0) is 12.6 Å². The van der Waals surface area contributed by atoms with Crippen LogP contribution in [0.25, 0.3) is 0 Å². The van der Waals surface area contributed by atoms with E-state index in [0.29, 0.717) is 0 Å². The maximum Gasteiger partial charge on any atom is 0.206 e. The number of aromatic nitrogens is 3. The van der Waals surface area contributed by atoms with Crippen molar-refractivity contribution in [2.24, 2.45) is 7.05 Å². The van der Waals surface area contributed by atoms with Gasteiger partial charge in [0.15, 0.2) is 6.20 Å². The Bertz CT molecular complexity index is 219. The van der Waals surface area contributed by atoms with Crippen molar-refractivity contribution in [2.45, 2.75) is 26.3 Å². The van der Waals surface area contributed by atoms with Gasteiger partial charge in [-0.05, 0) is 25.6 Å². The van der Waals surface area contributed by atoms with Crippen molar-refractivity contribution in [3.05, 3.63) is 12.4 Å². The van der Waals surface area contributed by atoms with Crippen molar-refractivity contribution in [1.82, 2.24) is 9.90 Å². The van der Waals surface area contributed by atoms with Crippen LogP contribution >= 0.6 is 0 Å². The van der Waals surface area contributed by atoms with Gasteiger partial charge >= 0.3 is 0 Å². The fourth-order valence-electron chi connectivity index (χ4n) is 0.980. The van der Waals surface area contributed by atoms with Crippen LogP contribution in [0.5, 0.6) is 0 Å². The molecule has 1 aromatic rings. The summed E-state index contributed by atoms with van der Waals surface area (Å²) in [6.07, 6.45) is 3.73. The van der Waals surface area contributed by atoms with Gasteiger partial charge in [0.2, 0.25) is 6.20 Å². The van der Waals surface area contributed by atoms with Gasteiger partial charge in [0.05, 0.1) is 0 Å². The second kappa shape index (κ2) is 2.08. The van der Waals surface area contributed by atoms with E-state index in [1.165, 1.54) is 0 Å². The molecule has 0 aromatic carbocycles. The van der Waals surface area contributed by atoms with Crippen LogP contribution in [0.1, 0.15) is 20.8 Å². The molecule has 0 aliphatic carbocycles. The van der Waals surface area contributed by atoms with Gasteiger partial charge in [-0.15, -0.1) is 0 Å². The molecule has 3 nitrogen and oxygen atoms in total. The van der Waals surface area contributed by atoms with Gasteiger partial charge < -0.3 is 0 Å². The van der Waals surface area contributed by atoms with E-state index in [4.69, 9.17) is 0 Å². The molecule has 0 bridgehead atoms. The molecule has 56 valence electrons. The highest BCUT2D eigenvalue weighted by Crippen LogP contribution is 2.06. The first-order valence-electron chi connectivity index (χ1n) is 3.42. The number of aryl methyl sites for hydroxylation is 1. The molecule has 0 amide bonds. The maximum absolute atomic E-state index is 4.17. The molecule has 1 heterocycles. The van der Waals surface area contributed by atoms with Crippen LogP contribution in [-0.4, -0.2) is 9.90 Å². The number of hydrogen-bond donors (Lipinski definition) is 0. The molecule has 0 saturated carbocycles.